The number of benzene rings is 2. The largest absolute Gasteiger partial charge is 0.495 e. The van der Waals surface area contributed by atoms with E-state index in [2.05, 4.69) is 10.6 Å². The Hall–Kier alpha value is -2.93. The first-order valence-electron chi connectivity index (χ1n) is 8.26. The molecule has 1 aliphatic rings. The van der Waals surface area contributed by atoms with E-state index in [1.807, 2.05) is 6.07 Å². The van der Waals surface area contributed by atoms with E-state index in [0.29, 0.717) is 33.6 Å². The predicted molar refractivity (Wildman–Crippen MR) is 102 cm³/mol. The van der Waals surface area contributed by atoms with Crippen LogP contribution in [0.4, 0.5) is 11.4 Å². The van der Waals surface area contributed by atoms with E-state index in [4.69, 9.17) is 25.8 Å². The van der Waals surface area contributed by atoms with Crippen LogP contribution in [-0.2, 0) is 9.59 Å². The molecular formula is C19H19ClN2O5. The van der Waals surface area contributed by atoms with E-state index in [9.17, 15) is 9.59 Å². The van der Waals surface area contributed by atoms with Crippen LogP contribution in [0.15, 0.2) is 36.4 Å². The molecule has 0 saturated carbocycles. The SMILES string of the molecule is COc1cc(OC)c(NC(=O)C[C@H]2COc3ccccc3NC2=O)cc1Cl. The molecule has 1 heterocycles. The number of rotatable bonds is 5. The molecule has 1 atom stereocenters. The Morgan fingerprint density at radius 1 is 1.26 bits per heavy atom. The fraction of sp³-hybridized carbons (Fsp3) is 0.263. The Balaban J connectivity index is 1.69. The average Bonchev–Trinajstić information content (AvgIpc) is 2.81. The number of para-hydroxylation sites is 2. The zero-order valence-corrected chi connectivity index (χ0v) is 15.6. The Morgan fingerprint density at radius 2 is 2.00 bits per heavy atom. The number of carbonyl (C=O) groups excluding carboxylic acids is 2. The van der Waals surface area contributed by atoms with Gasteiger partial charge in [-0.1, -0.05) is 23.7 Å². The van der Waals surface area contributed by atoms with Gasteiger partial charge in [0.15, 0.2) is 0 Å². The Bertz CT molecular complexity index is 871. The summed E-state index contributed by atoms with van der Waals surface area (Å²) in [5, 5.41) is 5.84. The molecule has 0 aliphatic carbocycles. The molecule has 0 bridgehead atoms. The third-order valence-corrected chi connectivity index (χ3v) is 4.43. The van der Waals surface area contributed by atoms with Gasteiger partial charge in [-0.3, -0.25) is 9.59 Å². The van der Waals surface area contributed by atoms with Crippen LogP contribution in [0.3, 0.4) is 0 Å². The summed E-state index contributed by atoms with van der Waals surface area (Å²) < 4.78 is 16.0. The maximum Gasteiger partial charge on any atom is 0.231 e. The van der Waals surface area contributed by atoms with Gasteiger partial charge in [-0.15, -0.1) is 0 Å². The second kappa shape index (κ2) is 8.18. The Kier molecular flexibility index (Phi) is 5.71. The third kappa shape index (κ3) is 4.25. The molecule has 8 heteroatoms. The van der Waals surface area contributed by atoms with Crippen molar-refractivity contribution in [2.75, 3.05) is 31.5 Å². The smallest absolute Gasteiger partial charge is 0.231 e. The van der Waals surface area contributed by atoms with Gasteiger partial charge in [-0.05, 0) is 18.2 Å². The molecule has 142 valence electrons. The number of amides is 2. The van der Waals surface area contributed by atoms with Crippen molar-refractivity contribution in [2.45, 2.75) is 6.42 Å². The Morgan fingerprint density at radius 3 is 2.74 bits per heavy atom. The molecule has 2 aromatic carbocycles. The number of methoxy groups -OCH3 is 2. The van der Waals surface area contributed by atoms with Crippen molar-refractivity contribution >= 4 is 34.8 Å². The molecule has 0 radical (unpaired) electrons. The number of hydrogen-bond acceptors (Lipinski definition) is 5. The summed E-state index contributed by atoms with van der Waals surface area (Å²) in [6.07, 6.45) is -0.0490. The molecule has 2 amide bonds. The van der Waals surface area contributed by atoms with Crippen LogP contribution in [0.25, 0.3) is 0 Å². The number of carbonyl (C=O) groups is 2. The minimum absolute atomic E-state index is 0.0490. The van der Waals surface area contributed by atoms with Crippen molar-refractivity contribution in [3.63, 3.8) is 0 Å². The van der Waals surface area contributed by atoms with Gasteiger partial charge in [-0.2, -0.15) is 0 Å². The molecule has 7 nitrogen and oxygen atoms in total. The zero-order valence-electron chi connectivity index (χ0n) is 14.9. The summed E-state index contributed by atoms with van der Waals surface area (Å²) in [6, 6.07) is 10.3. The topological polar surface area (TPSA) is 85.9 Å². The molecule has 2 aromatic rings. The van der Waals surface area contributed by atoms with E-state index >= 15 is 0 Å². The molecule has 27 heavy (non-hydrogen) atoms. The van der Waals surface area contributed by atoms with Crippen LogP contribution in [0.2, 0.25) is 5.02 Å². The van der Waals surface area contributed by atoms with E-state index in [1.165, 1.54) is 20.3 Å². The first-order chi connectivity index (χ1) is 13.0. The number of ether oxygens (including phenoxy) is 3. The monoisotopic (exact) mass is 390 g/mol. The van der Waals surface area contributed by atoms with E-state index < -0.39 is 5.92 Å². The molecule has 0 aromatic heterocycles. The first-order valence-corrected chi connectivity index (χ1v) is 8.63. The summed E-state index contributed by atoms with van der Waals surface area (Å²) in [5.41, 5.74) is 0.987. The zero-order chi connectivity index (χ0) is 19.4. The molecule has 2 N–H and O–H groups in total. The van der Waals surface area contributed by atoms with Crippen molar-refractivity contribution in [1.82, 2.24) is 0 Å². The van der Waals surface area contributed by atoms with Gasteiger partial charge in [0.05, 0.1) is 36.5 Å². The van der Waals surface area contributed by atoms with Gasteiger partial charge < -0.3 is 24.8 Å². The lowest BCUT2D eigenvalue weighted by Gasteiger charge is -2.15. The molecule has 3 rings (SSSR count). The number of fused-ring (bicyclic) bond motifs is 1. The molecule has 0 fully saturated rings. The van der Waals surface area contributed by atoms with Crippen molar-refractivity contribution in [3.8, 4) is 17.2 Å². The second-order valence-corrected chi connectivity index (χ2v) is 6.34. The second-order valence-electron chi connectivity index (χ2n) is 5.93. The van der Waals surface area contributed by atoms with E-state index in [-0.39, 0.29) is 24.8 Å². The number of anilines is 2. The summed E-state index contributed by atoms with van der Waals surface area (Å²) in [7, 11) is 2.96. The summed E-state index contributed by atoms with van der Waals surface area (Å²) in [5.74, 6) is 0.160. The van der Waals surface area contributed by atoms with Gasteiger partial charge in [0.2, 0.25) is 11.8 Å². The first kappa shape index (κ1) is 18.8. The summed E-state index contributed by atoms with van der Waals surface area (Å²) in [4.78, 5) is 24.9. The van der Waals surface area contributed by atoms with Gasteiger partial charge >= 0.3 is 0 Å². The maximum atomic E-state index is 12.5. The highest BCUT2D eigenvalue weighted by Gasteiger charge is 2.27. The van der Waals surface area contributed by atoms with Gasteiger partial charge in [0.1, 0.15) is 23.9 Å². The minimum atomic E-state index is -0.628. The highest BCUT2D eigenvalue weighted by Crippen LogP contribution is 2.36. The van der Waals surface area contributed by atoms with Crippen LogP contribution in [0.5, 0.6) is 17.2 Å². The highest BCUT2D eigenvalue weighted by molar-refractivity contribution is 6.32. The molecular weight excluding hydrogens is 372 g/mol. The van der Waals surface area contributed by atoms with Crippen LogP contribution < -0.4 is 24.8 Å². The van der Waals surface area contributed by atoms with Crippen LogP contribution in [0, 0.1) is 5.92 Å². The van der Waals surface area contributed by atoms with Gasteiger partial charge in [0.25, 0.3) is 0 Å². The molecule has 0 unspecified atom stereocenters. The fourth-order valence-corrected chi connectivity index (χ4v) is 2.97. The molecule has 1 aliphatic heterocycles. The van der Waals surface area contributed by atoms with Gasteiger partial charge in [0, 0.05) is 12.5 Å². The maximum absolute atomic E-state index is 12.5. The normalized spacial score (nSPS) is 15.7. The summed E-state index contributed by atoms with van der Waals surface area (Å²) >= 11 is 6.11. The lowest BCUT2D eigenvalue weighted by atomic mass is 10.1. The lowest BCUT2D eigenvalue weighted by molar-refractivity contribution is -0.125. The number of nitrogens with one attached hydrogen (secondary N) is 2. The highest BCUT2D eigenvalue weighted by atomic mass is 35.5. The van der Waals surface area contributed by atoms with E-state index in [1.54, 1.807) is 24.3 Å². The number of hydrogen-bond donors (Lipinski definition) is 2. The minimum Gasteiger partial charge on any atom is -0.495 e. The molecule has 0 saturated heterocycles. The van der Waals surface area contributed by atoms with Gasteiger partial charge in [-0.25, -0.2) is 0 Å². The molecule has 0 spiro atoms. The fourth-order valence-electron chi connectivity index (χ4n) is 2.73. The predicted octanol–water partition coefficient (Wildman–Crippen LogP) is 3.33. The quantitative estimate of drug-likeness (QED) is 0.817. The van der Waals surface area contributed by atoms with Crippen molar-refractivity contribution in [1.29, 1.82) is 0 Å². The van der Waals surface area contributed by atoms with Crippen LogP contribution in [-0.4, -0.2) is 32.6 Å². The standard InChI is InChI=1S/C19H19ClN2O5/c1-25-16-9-17(26-2)14(8-12(16)20)21-18(23)7-11-10-27-15-6-4-3-5-13(15)22-19(11)24/h3-6,8-9,11H,7,10H2,1-2H3,(H,21,23)(H,22,24)/t11-/m0/s1. The lowest BCUT2D eigenvalue weighted by Crippen LogP contribution is -2.29. The van der Waals surface area contributed by atoms with E-state index in [0.717, 1.165) is 0 Å². The van der Waals surface area contributed by atoms with Crippen molar-refractivity contribution in [2.24, 2.45) is 5.92 Å². The average molecular weight is 391 g/mol. The number of halogens is 1. The van der Waals surface area contributed by atoms with Crippen molar-refractivity contribution in [3.05, 3.63) is 41.4 Å². The Labute approximate surface area is 161 Å². The third-order valence-electron chi connectivity index (χ3n) is 4.14. The van der Waals surface area contributed by atoms with Crippen LogP contribution in [0.1, 0.15) is 6.42 Å². The summed E-state index contributed by atoms with van der Waals surface area (Å²) in [6.45, 7) is 0.108. The van der Waals surface area contributed by atoms with Crippen LogP contribution >= 0.6 is 11.6 Å². The van der Waals surface area contributed by atoms with Crippen molar-refractivity contribution < 1.29 is 23.8 Å².